The molecule has 4 atom stereocenters. The Bertz CT molecular complexity index is 875. The molecule has 3 aliphatic rings. The fourth-order valence-electron chi connectivity index (χ4n) is 5.43. The van der Waals surface area contributed by atoms with Crippen LogP contribution in [0.15, 0.2) is 48.5 Å². The van der Waals surface area contributed by atoms with Crippen LogP contribution in [0.4, 0.5) is 0 Å². The summed E-state index contributed by atoms with van der Waals surface area (Å²) in [6.45, 7) is 8.83. The van der Waals surface area contributed by atoms with Crippen molar-refractivity contribution in [3.8, 4) is 16.9 Å². The third-order valence-corrected chi connectivity index (χ3v) is 7.47. The van der Waals surface area contributed by atoms with Crippen molar-refractivity contribution >= 4 is 5.91 Å². The molecule has 4 nitrogen and oxygen atoms in total. The van der Waals surface area contributed by atoms with Gasteiger partial charge in [-0.05, 0) is 71.4 Å². The van der Waals surface area contributed by atoms with Gasteiger partial charge in [0.2, 0.25) is 5.91 Å². The number of primary amides is 1. The lowest BCUT2D eigenvalue weighted by Crippen LogP contribution is -2.60. The van der Waals surface area contributed by atoms with Crippen LogP contribution in [0.25, 0.3) is 11.1 Å². The molecule has 4 heteroatoms. The monoisotopic (exact) mass is 392 g/mol. The van der Waals surface area contributed by atoms with E-state index < -0.39 is 5.91 Å². The summed E-state index contributed by atoms with van der Waals surface area (Å²) >= 11 is 0. The summed E-state index contributed by atoms with van der Waals surface area (Å²) in [6.07, 6.45) is 2.71. The minimum atomic E-state index is -0.410. The Morgan fingerprint density at radius 3 is 2.55 bits per heavy atom. The maximum atomic E-state index is 11.4. The Labute approximate surface area is 173 Å². The molecule has 1 unspecified atom stereocenters. The van der Waals surface area contributed by atoms with Crippen molar-refractivity contribution in [2.45, 2.75) is 39.7 Å². The highest BCUT2D eigenvalue weighted by Gasteiger charge is 2.55. The molecular formula is C25H32N2O2. The first-order valence-electron chi connectivity index (χ1n) is 10.7. The molecule has 0 radical (unpaired) electrons. The fourth-order valence-corrected chi connectivity index (χ4v) is 5.43. The predicted molar refractivity (Wildman–Crippen MR) is 117 cm³/mol. The van der Waals surface area contributed by atoms with E-state index in [4.69, 9.17) is 10.5 Å². The zero-order valence-electron chi connectivity index (χ0n) is 17.7. The molecule has 0 heterocycles. The molecule has 3 saturated carbocycles. The van der Waals surface area contributed by atoms with E-state index >= 15 is 0 Å². The van der Waals surface area contributed by atoms with Gasteiger partial charge in [0.25, 0.3) is 0 Å². The van der Waals surface area contributed by atoms with Crippen LogP contribution < -0.4 is 15.8 Å². The Morgan fingerprint density at radius 2 is 1.90 bits per heavy atom. The molecule has 3 aliphatic carbocycles. The average Bonchev–Trinajstić information content (AvgIpc) is 2.72. The van der Waals surface area contributed by atoms with Crippen molar-refractivity contribution < 1.29 is 9.53 Å². The number of hydrogen-bond acceptors (Lipinski definition) is 3. The first kappa shape index (κ1) is 20.0. The van der Waals surface area contributed by atoms with Gasteiger partial charge in [-0.2, -0.15) is 0 Å². The number of nitrogens with two attached hydrogens (primary N) is 1. The number of carbonyl (C=O) groups excluding carboxylic acids is 1. The van der Waals surface area contributed by atoms with Crippen molar-refractivity contribution in [2.24, 2.45) is 28.9 Å². The highest BCUT2D eigenvalue weighted by molar-refractivity contribution is 5.94. The lowest BCUT2D eigenvalue weighted by Gasteiger charge is -2.62. The topological polar surface area (TPSA) is 64.3 Å². The fraction of sp³-hybridized carbons (Fsp3) is 0.480. The van der Waals surface area contributed by atoms with E-state index in [9.17, 15) is 4.79 Å². The molecule has 2 aromatic rings. The van der Waals surface area contributed by atoms with Crippen molar-refractivity contribution in [2.75, 3.05) is 13.2 Å². The van der Waals surface area contributed by atoms with E-state index in [1.54, 1.807) is 6.07 Å². The second kappa shape index (κ2) is 7.83. The number of rotatable bonds is 7. The lowest BCUT2D eigenvalue weighted by molar-refractivity contribution is -0.115. The van der Waals surface area contributed by atoms with Crippen molar-refractivity contribution in [3.05, 3.63) is 54.1 Å². The van der Waals surface area contributed by atoms with Crippen LogP contribution >= 0.6 is 0 Å². The average molecular weight is 393 g/mol. The normalized spacial score (nSPS) is 27.1. The van der Waals surface area contributed by atoms with Gasteiger partial charge >= 0.3 is 0 Å². The zero-order valence-corrected chi connectivity index (χ0v) is 17.7. The van der Waals surface area contributed by atoms with Crippen molar-refractivity contribution in [1.29, 1.82) is 0 Å². The third-order valence-electron chi connectivity index (χ3n) is 7.47. The number of hydrogen-bond donors (Lipinski definition) is 2. The van der Waals surface area contributed by atoms with Gasteiger partial charge < -0.3 is 15.8 Å². The molecule has 1 amide bonds. The van der Waals surface area contributed by atoms with Gasteiger partial charge in [-0.25, -0.2) is 0 Å². The number of nitrogens with one attached hydrogen (secondary N) is 1. The summed E-state index contributed by atoms with van der Waals surface area (Å²) in [5.74, 6) is 2.93. The number of carbonyl (C=O) groups is 1. The van der Waals surface area contributed by atoms with Crippen LogP contribution in [0.2, 0.25) is 0 Å². The minimum absolute atomic E-state index is 0.410. The number of amides is 1. The third kappa shape index (κ3) is 3.91. The summed E-state index contributed by atoms with van der Waals surface area (Å²) in [7, 11) is 0. The summed E-state index contributed by atoms with van der Waals surface area (Å²) in [5.41, 5.74) is 8.44. The Hall–Kier alpha value is -2.33. The van der Waals surface area contributed by atoms with Gasteiger partial charge in [0.15, 0.2) is 0 Å². The number of fused-ring (bicyclic) bond motifs is 2. The summed E-state index contributed by atoms with van der Waals surface area (Å²) in [5, 5.41) is 3.73. The van der Waals surface area contributed by atoms with E-state index in [0.29, 0.717) is 23.6 Å². The Morgan fingerprint density at radius 1 is 1.14 bits per heavy atom. The van der Waals surface area contributed by atoms with Gasteiger partial charge in [0, 0.05) is 18.2 Å². The standard InChI is InChI=1S/C25H32N2O2/c1-16-22-14-20(25(22,2)3)15-23(16)27-11-12-29-21-9-7-17(8-10-21)18-5-4-6-19(13-18)24(26)28/h4-10,13,16,20,22-23,27H,11-12,14-15H2,1-3H3,(H2,26,28)/t16-,20+,22-,23?/m0/s1. The quantitative estimate of drug-likeness (QED) is 0.682. The SMILES string of the molecule is C[C@@H]1C(NCCOc2ccc(-c3cccc(C(N)=O)c3)cc2)C[C@H]2C[C@@H]1C2(C)C. The Balaban J connectivity index is 1.26. The van der Waals surface area contributed by atoms with Crippen LogP contribution in [0.5, 0.6) is 5.75 Å². The van der Waals surface area contributed by atoms with E-state index in [0.717, 1.165) is 41.2 Å². The van der Waals surface area contributed by atoms with Crippen LogP contribution in [-0.2, 0) is 0 Å². The second-order valence-corrected chi connectivity index (χ2v) is 9.33. The molecule has 154 valence electrons. The molecule has 0 saturated heterocycles. The number of benzene rings is 2. The van der Waals surface area contributed by atoms with Crippen LogP contribution in [0, 0.1) is 23.2 Å². The van der Waals surface area contributed by atoms with E-state index in [-0.39, 0.29) is 0 Å². The van der Waals surface area contributed by atoms with Gasteiger partial charge in [0.05, 0.1) is 0 Å². The maximum absolute atomic E-state index is 11.4. The van der Waals surface area contributed by atoms with E-state index in [2.05, 4.69) is 26.1 Å². The highest BCUT2D eigenvalue weighted by Crippen LogP contribution is 2.61. The first-order chi connectivity index (χ1) is 13.9. The van der Waals surface area contributed by atoms with Crippen LogP contribution in [-0.4, -0.2) is 25.1 Å². The van der Waals surface area contributed by atoms with E-state index in [1.165, 1.54) is 12.8 Å². The van der Waals surface area contributed by atoms with Gasteiger partial charge in [-0.15, -0.1) is 0 Å². The minimum Gasteiger partial charge on any atom is -0.492 e. The largest absolute Gasteiger partial charge is 0.492 e. The molecule has 3 fully saturated rings. The molecule has 0 aromatic heterocycles. The van der Waals surface area contributed by atoms with Gasteiger partial charge in [0.1, 0.15) is 12.4 Å². The van der Waals surface area contributed by atoms with Gasteiger partial charge in [-0.3, -0.25) is 4.79 Å². The van der Waals surface area contributed by atoms with Crippen LogP contribution in [0.1, 0.15) is 44.0 Å². The molecule has 0 aliphatic heterocycles. The molecule has 2 bridgehead atoms. The summed E-state index contributed by atoms with van der Waals surface area (Å²) < 4.78 is 5.93. The second-order valence-electron chi connectivity index (χ2n) is 9.33. The van der Waals surface area contributed by atoms with Gasteiger partial charge in [-0.1, -0.05) is 45.0 Å². The lowest BCUT2D eigenvalue weighted by atomic mass is 9.45. The van der Waals surface area contributed by atoms with Crippen molar-refractivity contribution in [1.82, 2.24) is 5.32 Å². The smallest absolute Gasteiger partial charge is 0.248 e. The zero-order chi connectivity index (χ0) is 20.6. The summed E-state index contributed by atoms with van der Waals surface area (Å²) in [6, 6.07) is 16.0. The Kier molecular flexibility index (Phi) is 5.39. The highest BCUT2D eigenvalue weighted by atomic mass is 16.5. The molecule has 5 rings (SSSR count). The molecule has 2 aromatic carbocycles. The molecule has 29 heavy (non-hydrogen) atoms. The molecule has 3 N–H and O–H groups in total. The molecule has 0 spiro atoms. The summed E-state index contributed by atoms with van der Waals surface area (Å²) in [4.78, 5) is 11.4. The maximum Gasteiger partial charge on any atom is 0.248 e. The van der Waals surface area contributed by atoms with E-state index in [1.807, 2.05) is 42.5 Å². The number of ether oxygens (including phenoxy) is 1. The first-order valence-corrected chi connectivity index (χ1v) is 10.7. The van der Waals surface area contributed by atoms with Crippen molar-refractivity contribution in [3.63, 3.8) is 0 Å². The molecular weight excluding hydrogens is 360 g/mol. The van der Waals surface area contributed by atoms with Crippen LogP contribution in [0.3, 0.4) is 0 Å². The predicted octanol–water partition coefficient (Wildman–Crippen LogP) is 4.49.